The van der Waals surface area contributed by atoms with Crippen LogP contribution in [-0.4, -0.2) is 79.4 Å². The number of rotatable bonds is 18. The van der Waals surface area contributed by atoms with E-state index < -0.39 is 50.4 Å². The molecule has 16 heteroatoms. The lowest BCUT2D eigenvalue weighted by Crippen LogP contribution is -2.37. The smallest absolute Gasteiger partial charge is 0.411 e. The summed E-state index contributed by atoms with van der Waals surface area (Å²) in [5.74, 6) is -0.882. The van der Waals surface area contributed by atoms with Crippen LogP contribution < -0.4 is 21.3 Å². The number of ether oxygens (including phenoxy) is 4. The maximum atomic E-state index is 12.8. The number of aromatic nitrogens is 2. The van der Waals surface area contributed by atoms with E-state index in [-0.39, 0.29) is 19.2 Å². The number of amides is 3. The normalized spacial score (nSPS) is 12.0. The van der Waals surface area contributed by atoms with E-state index in [0.29, 0.717) is 48.7 Å². The number of nitrogens with zero attached hydrogens (tertiary/aromatic N) is 2. The Hall–Kier alpha value is -5.09. The van der Waals surface area contributed by atoms with Crippen molar-refractivity contribution in [3.05, 3.63) is 66.1 Å². The number of carboxylic acids is 1. The van der Waals surface area contributed by atoms with E-state index in [1.165, 1.54) is 7.11 Å². The number of carbonyl (C=O) groups excluding carboxylic acids is 3. The number of hydrogen-bond donors (Lipinski definition) is 5. The molecule has 3 amide bonds. The molecule has 0 aliphatic rings. The quantitative estimate of drug-likeness (QED) is 0.0523. The van der Waals surface area contributed by atoms with Crippen LogP contribution in [0.3, 0.4) is 0 Å². The fourth-order valence-corrected chi connectivity index (χ4v) is 5.51. The van der Waals surface area contributed by atoms with E-state index in [4.69, 9.17) is 23.9 Å². The van der Waals surface area contributed by atoms with E-state index in [9.17, 15) is 24.3 Å². The molecule has 0 radical (unpaired) electrons. The Kier molecular flexibility index (Phi) is 15.5. The minimum atomic E-state index is -1.39. The molecule has 1 unspecified atom stereocenters. The van der Waals surface area contributed by atoms with Gasteiger partial charge in [-0.15, -0.1) is 0 Å². The molecule has 0 spiro atoms. The highest BCUT2D eigenvalue weighted by Gasteiger charge is 2.27. The van der Waals surface area contributed by atoms with E-state index >= 15 is 0 Å². The molecule has 5 N–H and O–H groups in total. The van der Waals surface area contributed by atoms with Crippen molar-refractivity contribution in [2.24, 2.45) is 0 Å². The van der Waals surface area contributed by atoms with Gasteiger partial charge in [-0.25, -0.2) is 19.4 Å². The highest BCUT2D eigenvalue weighted by Crippen LogP contribution is 2.32. The van der Waals surface area contributed by atoms with Crippen LogP contribution >= 0.6 is 0 Å². The number of anilines is 2. The molecule has 2 aromatic carbocycles. The zero-order valence-electron chi connectivity index (χ0n) is 31.0. The van der Waals surface area contributed by atoms with Gasteiger partial charge in [0.15, 0.2) is 0 Å². The molecule has 0 fully saturated rings. The number of carboxylic acid groups (broad SMARTS) is 1. The third-order valence-electron chi connectivity index (χ3n) is 7.29. The number of carbonyl (C=O) groups is 4. The molecular formula is C36H52N6O9Si. The van der Waals surface area contributed by atoms with Crippen LogP contribution in [0.25, 0.3) is 11.3 Å². The maximum absolute atomic E-state index is 12.8. The van der Waals surface area contributed by atoms with Gasteiger partial charge in [0.05, 0.1) is 19.2 Å². The van der Waals surface area contributed by atoms with Crippen molar-refractivity contribution in [3.8, 4) is 11.3 Å². The van der Waals surface area contributed by atoms with Crippen LogP contribution in [0.4, 0.5) is 25.8 Å². The number of aliphatic carboxylic acids is 1. The standard InChI is InChI=1S/C36H52N6O9Si/c1-36(2,3)51-35(47)41-29(21-31(43)44)32-40-30(22-42(32)24-49-18-19-52(5,6)7)27-15-14-26(39-34(46)48-4)20-28(27)37-16-11-17-38-33(45)50-23-25-12-9-8-10-13-25/h8-10,12-15,20,22,29,37H,11,16-19,21,23-24H2,1-7H3,(H,38,45)(H,39,46)(H,41,47)(H,43,44). The third-order valence-corrected chi connectivity index (χ3v) is 9.00. The summed E-state index contributed by atoms with van der Waals surface area (Å²) in [6.45, 7) is 13.3. The van der Waals surface area contributed by atoms with E-state index in [0.717, 1.165) is 11.6 Å². The minimum absolute atomic E-state index is 0.0652. The van der Waals surface area contributed by atoms with Crippen LogP contribution in [0.5, 0.6) is 0 Å². The van der Waals surface area contributed by atoms with Gasteiger partial charge in [-0.05, 0) is 57.0 Å². The van der Waals surface area contributed by atoms with Crippen LogP contribution in [0.1, 0.15) is 51.0 Å². The lowest BCUT2D eigenvalue weighted by Gasteiger charge is -2.23. The Morgan fingerprint density at radius 2 is 1.71 bits per heavy atom. The number of imidazole rings is 1. The van der Waals surface area contributed by atoms with Gasteiger partial charge in [-0.2, -0.15) is 0 Å². The monoisotopic (exact) mass is 740 g/mol. The van der Waals surface area contributed by atoms with Gasteiger partial charge in [0.2, 0.25) is 0 Å². The van der Waals surface area contributed by atoms with E-state index in [1.807, 2.05) is 30.3 Å². The molecule has 15 nitrogen and oxygen atoms in total. The zero-order valence-corrected chi connectivity index (χ0v) is 32.0. The first-order valence-corrected chi connectivity index (χ1v) is 20.8. The SMILES string of the molecule is COC(=O)Nc1ccc(-c2cn(COCC[Si](C)(C)C)c(C(CC(=O)O)NC(=O)OC(C)(C)C)n2)c(NCCCNC(=O)OCc2ccccc2)c1. The second-order valence-corrected chi connectivity index (χ2v) is 19.9. The first-order chi connectivity index (χ1) is 24.5. The molecule has 1 atom stereocenters. The summed E-state index contributed by atoms with van der Waals surface area (Å²) in [6.07, 6.45) is -0.169. The first-order valence-electron chi connectivity index (χ1n) is 17.1. The first kappa shape index (κ1) is 41.3. The van der Waals surface area contributed by atoms with Gasteiger partial charge in [-0.3, -0.25) is 10.1 Å². The molecule has 0 saturated carbocycles. The van der Waals surface area contributed by atoms with Crippen molar-refractivity contribution in [3.63, 3.8) is 0 Å². The summed E-state index contributed by atoms with van der Waals surface area (Å²) >= 11 is 0. The number of methoxy groups -OCH3 is 1. The van der Waals surface area contributed by atoms with Crippen molar-refractivity contribution < 1.29 is 43.2 Å². The molecule has 3 rings (SSSR count). The topological polar surface area (TPSA) is 191 Å². The van der Waals surface area contributed by atoms with Crippen molar-refractivity contribution in [2.75, 3.05) is 37.4 Å². The molecule has 0 saturated heterocycles. The predicted octanol–water partition coefficient (Wildman–Crippen LogP) is 6.81. The molecule has 0 bridgehead atoms. The van der Waals surface area contributed by atoms with Crippen LogP contribution in [0.2, 0.25) is 25.7 Å². The maximum Gasteiger partial charge on any atom is 0.411 e. The summed E-state index contributed by atoms with van der Waals surface area (Å²) in [4.78, 5) is 53.8. The van der Waals surface area contributed by atoms with Gasteiger partial charge in [-0.1, -0.05) is 50.0 Å². The highest BCUT2D eigenvalue weighted by molar-refractivity contribution is 6.76. The highest BCUT2D eigenvalue weighted by atomic mass is 28.3. The Labute approximate surface area is 305 Å². The van der Waals surface area contributed by atoms with Crippen molar-refractivity contribution in [2.45, 2.75) is 84.3 Å². The van der Waals surface area contributed by atoms with Gasteiger partial charge in [0.1, 0.15) is 30.8 Å². The summed E-state index contributed by atoms with van der Waals surface area (Å²) in [7, 11) is -0.131. The Balaban J connectivity index is 1.87. The van der Waals surface area contributed by atoms with Crippen LogP contribution in [0.15, 0.2) is 54.7 Å². The van der Waals surface area contributed by atoms with Crippen LogP contribution in [-0.2, 0) is 37.1 Å². The minimum Gasteiger partial charge on any atom is -0.481 e. The summed E-state index contributed by atoms with van der Waals surface area (Å²) < 4.78 is 23.2. The van der Waals surface area contributed by atoms with Gasteiger partial charge < -0.3 is 44.6 Å². The summed E-state index contributed by atoms with van der Waals surface area (Å²) in [5.41, 5.74) is 2.19. The van der Waals surface area contributed by atoms with Gasteiger partial charge in [0.25, 0.3) is 0 Å². The van der Waals surface area contributed by atoms with Crippen molar-refractivity contribution >= 4 is 43.7 Å². The fraction of sp³-hybridized carbons (Fsp3) is 0.472. The molecule has 0 aliphatic carbocycles. The zero-order chi connectivity index (χ0) is 38.3. The van der Waals surface area contributed by atoms with E-state index in [1.54, 1.807) is 49.7 Å². The van der Waals surface area contributed by atoms with Crippen molar-refractivity contribution in [1.29, 1.82) is 0 Å². The Morgan fingerprint density at radius 1 is 0.981 bits per heavy atom. The molecule has 0 aliphatic heterocycles. The molecule has 1 aromatic heterocycles. The second-order valence-electron chi connectivity index (χ2n) is 14.2. The van der Waals surface area contributed by atoms with Gasteiger partial charge in [0, 0.05) is 50.9 Å². The number of hydrogen-bond acceptors (Lipinski definition) is 10. The Morgan fingerprint density at radius 3 is 2.37 bits per heavy atom. The lowest BCUT2D eigenvalue weighted by molar-refractivity contribution is -0.137. The van der Waals surface area contributed by atoms with Crippen LogP contribution in [0, 0.1) is 0 Å². The Bertz CT molecular complexity index is 1640. The molecule has 284 valence electrons. The largest absolute Gasteiger partial charge is 0.481 e. The average Bonchev–Trinajstić information content (AvgIpc) is 3.48. The molecule has 1 heterocycles. The number of nitrogens with one attached hydrogen (secondary N) is 4. The molecule has 52 heavy (non-hydrogen) atoms. The van der Waals surface area contributed by atoms with E-state index in [2.05, 4.69) is 40.9 Å². The lowest BCUT2D eigenvalue weighted by atomic mass is 10.1. The number of alkyl carbamates (subject to hydrolysis) is 2. The predicted molar refractivity (Wildman–Crippen MR) is 200 cm³/mol. The van der Waals surface area contributed by atoms with Gasteiger partial charge >= 0.3 is 24.2 Å². The average molecular weight is 741 g/mol. The summed E-state index contributed by atoms with van der Waals surface area (Å²) in [6, 6.07) is 14.4. The number of benzene rings is 2. The molecule has 3 aromatic rings. The van der Waals surface area contributed by atoms with Crippen molar-refractivity contribution in [1.82, 2.24) is 20.2 Å². The summed E-state index contributed by atoms with van der Waals surface area (Å²) in [5, 5.41) is 21.2. The third kappa shape index (κ3) is 15.0. The second kappa shape index (κ2) is 19.5. The molecular weight excluding hydrogens is 689 g/mol. The fourth-order valence-electron chi connectivity index (χ4n) is 4.75.